The number of aromatic nitrogens is 3. The minimum absolute atomic E-state index is 0.0395. The second-order valence-electron chi connectivity index (χ2n) is 10.4. The van der Waals surface area contributed by atoms with Gasteiger partial charge in [-0.2, -0.15) is 13.2 Å². The van der Waals surface area contributed by atoms with Gasteiger partial charge in [0.15, 0.2) is 0 Å². The van der Waals surface area contributed by atoms with Gasteiger partial charge >= 0.3 is 6.18 Å². The highest BCUT2D eigenvalue weighted by atomic mass is 19.4. The zero-order valence-corrected chi connectivity index (χ0v) is 20.0. The summed E-state index contributed by atoms with van der Waals surface area (Å²) >= 11 is 0. The van der Waals surface area contributed by atoms with Crippen molar-refractivity contribution in [1.29, 1.82) is 0 Å². The highest BCUT2D eigenvalue weighted by Crippen LogP contribution is 2.57. The second-order valence-corrected chi connectivity index (χ2v) is 10.4. The first-order chi connectivity index (χ1) is 16.8. The first-order valence-corrected chi connectivity index (χ1v) is 12.9. The van der Waals surface area contributed by atoms with Crippen LogP contribution in [-0.2, 0) is 13.0 Å². The number of benzene rings is 1. The molecular formula is C27H33F3N4O. The van der Waals surface area contributed by atoms with Crippen LogP contribution in [0.25, 0.3) is 0 Å². The molecule has 2 fully saturated rings. The lowest BCUT2D eigenvalue weighted by molar-refractivity contribution is -0.134. The molecule has 0 bridgehead atoms. The summed E-state index contributed by atoms with van der Waals surface area (Å²) in [5, 5.41) is 8.97. The number of hydrogen-bond donors (Lipinski definition) is 0. The summed E-state index contributed by atoms with van der Waals surface area (Å²) < 4.78 is 39.5. The van der Waals surface area contributed by atoms with Crippen molar-refractivity contribution in [2.45, 2.75) is 88.4 Å². The third-order valence-electron chi connectivity index (χ3n) is 7.98. The number of carbonyl (C=O) groups excluding carboxylic acids is 1. The second kappa shape index (κ2) is 9.78. The minimum Gasteiger partial charge on any atom is -0.332 e. The van der Waals surface area contributed by atoms with Gasteiger partial charge in [-0.15, -0.1) is 5.10 Å². The predicted octanol–water partition coefficient (Wildman–Crippen LogP) is 6.07. The summed E-state index contributed by atoms with van der Waals surface area (Å²) in [6, 6.07) is 6.61. The lowest BCUT2D eigenvalue weighted by Gasteiger charge is -2.27. The molecule has 1 saturated carbocycles. The van der Waals surface area contributed by atoms with E-state index in [0.29, 0.717) is 23.6 Å². The van der Waals surface area contributed by atoms with Crippen molar-refractivity contribution in [3.8, 4) is 0 Å². The van der Waals surface area contributed by atoms with Crippen LogP contribution in [0.3, 0.4) is 0 Å². The number of amides is 1. The quantitative estimate of drug-likeness (QED) is 0.466. The molecule has 1 saturated heterocycles. The summed E-state index contributed by atoms with van der Waals surface area (Å²) in [4.78, 5) is 15.3. The van der Waals surface area contributed by atoms with E-state index in [1.807, 2.05) is 9.58 Å². The van der Waals surface area contributed by atoms with Crippen LogP contribution in [0, 0.1) is 5.92 Å². The molecule has 1 spiro atoms. The summed E-state index contributed by atoms with van der Waals surface area (Å²) in [7, 11) is 0. The van der Waals surface area contributed by atoms with Gasteiger partial charge in [-0.25, -0.2) is 0 Å². The zero-order chi connectivity index (χ0) is 24.5. The Morgan fingerprint density at radius 1 is 1.06 bits per heavy atom. The number of allylic oxidation sites excluding steroid dienone is 2. The molecule has 1 aliphatic heterocycles. The molecule has 2 unspecified atom stereocenters. The van der Waals surface area contributed by atoms with E-state index < -0.39 is 12.6 Å². The van der Waals surface area contributed by atoms with Gasteiger partial charge in [0.25, 0.3) is 5.91 Å². The molecule has 188 valence electrons. The fourth-order valence-electron chi connectivity index (χ4n) is 5.91. The van der Waals surface area contributed by atoms with Gasteiger partial charge in [0.05, 0.1) is 11.2 Å². The highest BCUT2D eigenvalue weighted by molar-refractivity contribution is 5.95. The average molecular weight is 487 g/mol. The molecule has 5 nitrogen and oxygen atoms in total. The SMILES string of the molecule is O=C(c1ccc(CCC(F)(F)F)cc1)N1CCC(c2cn(CC3CC/C=C\CCC3)nn2)C12CC2. The molecule has 1 aromatic heterocycles. The van der Waals surface area contributed by atoms with Crippen LogP contribution in [0.4, 0.5) is 13.2 Å². The minimum atomic E-state index is -4.17. The van der Waals surface area contributed by atoms with Crippen molar-refractivity contribution in [2.24, 2.45) is 5.92 Å². The van der Waals surface area contributed by atoms with E-state index in [-0.39, 0.29) is 23.8 Å². The summed E-state index contributed by atoms with van der Waals surface area (Å²) in [5.41, 5.74) is 1.91. The van der Waals surface area contributed by atoms with Crippen molar-refractivity contribution in [2.75, 3.05) is 6.54 Å². The number of nitrogens with zero attached hydrogens (tertiary/aromatic N) is 4. The van der Waals surface area contributed by atoms with Gasteiger partial charge in [-0.3, -0.25) is 9.48 Å². The number of aryl methyl sites for hydroxylation is 1. The van der Waals surface area contributed by atoms with Gasteiger partial charge in [0, 0.05) is 37.2 Å². The van der Waals surface area contributed by atoms with Crippen LogP contribution >= 0.6 is 0 Å². The smallest absolute Gasteiger partial charge is 0.332 e. The van der Waals surface area contributed by atoms with E-state index in [1.165, 1.54) is 19.3 Å². The maximum Gasteiger partial charge on any atom is 0.389 e. The maximum atomic E-state index is 13.3. The van der Waals surface area contributed by atoms with Crippen LogP contribution in [-0.4, -0.2) is 44.1 Å². The topological polar surface area (TPSA) is 51.0 Å². The number of hydrogen-bond acceptors (Lipinski definition) is 3. The van der Waals surface area contributed by atoms with Crippen LogP contribution in [0.1, 0.15) is 85.3 Å². The average Bonchev–Trinajstić information content (AvgIpc) is 3.30. The van der Waals surface area contributed by atoms with E-state index in [2.05, 4.69) is 28.7 Å². The molecule has 35 heavy (non-hydrogen) atoms. The van der Waals surface area contributed by atoms with Crippen molar-refractivity contribution >= 4 is 5.91 Å². The van der Waals surface area contributed by atoms with Crippen LogP contribution in [0.15, 0.2) is 42.6 Å². The fraction of sp³-hybridized carbons (Fsp3) is 0.593. The Labute approximate surface area is 204 Å². The number of rotatable bonds is 6. The van der Waals surface area contributed by atoms with Gasteiger partial charge in [0.2, 0.25) is 0 Å². The lowest BCUT2D eigenvalue weighted by Crippen LogP contribution is -2.39. The molecule has 0 radical (unpaired) electrons. The van der Waals surface area contributed by atoms with Crippen molar-refractivity contribution in [1.82, 2.24) is 19.9 Å². The Morgan fingerprint density at radius 2 is 1.83 bits per heavy atom. The standard InChI is InChI=1S/C27H33F3N4O/c28-27(29,30)14-12-20-8-10-22(11-9-20)25(35)34-17-13-23(26(34)15-16-26)24-19-33(32-31-24)18-21-6-4-2-1-3-5-7-21/h1-2,8-11,19,21,23H,3-7,12-18H2/b2-1-. The predicted molar refractivity (Wildman–Crippen MR) is 127 cm³/mol. The number of carbonyl (C=O) groups is 1. The Morgan fingerprint density at radius 3 is 2.57 bits per heavy atom. The molecule has 0 N–H and O–H groups in total. The van der Waals surface area contributed by atoms with E-state index in [9.17, 15) is 18.0 Å². The number of likely N-dealkylation sites (tertiary alicyclic amines) is 1. The van der Waals surface area contributed by atoms with Gasteiger partial charge in [-0.1, -0.05) is 29.5 Å². The lowest BCUT2D eigenvalue weighted by atomic mass is 9.93. The highest BCUT2D eigenvalue weighted by Gasteiger charge is 2.60. The molecule has 3 aliphatic rings. The number of alkyl halides is 3. The Hall–Kier alpha value is -2.64. The van der Waals surface area contributed by atoms with E-state index in [0.717, 1.165) is 44.3 Å². The summed E-state index contributed by atoms with van der Waals surface area (Å²) in [5.74, 6) is 0.763. The van der Waals surface area contributed by atoms with Gasteiger partial charge in [-0.05, 0) is 81.4 Å². The first-order valence-electron chi connectivity index (χ1n) is 12.9. The molecule has 1 aromatic carbocycles. The van der Waals surface area contributed by atoms with Crippen LogP contribution in [0.2, 0.25) is 0 Å². The molecule has 8 heteroatoms. The van der Waals surface area contributed by atoms with E-state index in [4.69, 9.17) is 0 Å². The monoisotopic (exact) mass is 486 g/mol. The van der Waals surface area contributed by atoms with Crippen LogP contribution in [0.5, 0.6) is 0 Å². The van der Waals surface area contributed by atoms with Gasteiger partial charge in [0.1, 0.15) is 0 Å². The normalized spacial score (nSPS) is 24.8. The fourth-order valence-corrected chi connectivity index (χ4v) is 5.91. The van der Waals surface area contributed by atoms with E-state index >= 15 is 0 Å². The van der Waals surface area contributed by atoms with Crippen LogP contribution < -0.4 is 0 Å². The molecule has 1 amide bonds. The van der Waals surface area contributed by atoms with Crippen molar-refractivity contribution in [3.05, 3.63) is 59.4 Å². The molecular weight excluding hydrogens is 453 g/mol. The third kappa shape index (κ3) is 5.46. The third-order valence-corrected chi connectivity index (χ3v) is 7.98. The Bertz CT molecular complexity index is 1060. The Balaban J connectivity index is 1.23. The van der Waals surface area contributed by atoms with Gasteiger partial charge < -0.3 is 4.90 Å². The Kier molecular flexibility index (Phi) is 6.73. The number of halogens is 3. The largest absolute Gasteiger partial charge is 0.389 e. The molecule has 2 heterocycles. The summed E-state index contributed by atoms with van der Waals surface area (Å²) in [6.45, 7) is 1.56. The zero-order valence-electron chi connectivity index (χ0n) is 20.0. The molecule has 2 aromatic rings. The molecule has 2 aliphatic carbocycles. The van der Waals surface area contributed by atoms with Crippen molar-refractivity contribution in [3.63, 3.8) is 0 Å². The molecule has 5 rings (SSSR count). The van der Waals surface area contributed by atoms with E-state index in [1.54, 1.807) is 24.3 Å². The van der Waals surface area contributed by atoms with Crippen molar-refractivity contribution < 1.29 is 18.0 Å². The molecule has 2 atom stereocenters. The maximum absolute atomic E-state index is 13.3. The summed E-state index contributed by atoms with van der Waals surface area (Å²) in [6.07, 6.45) is 10.2. The first kappa shape index (κ1) is 24.1.